The number of aryl methyl sites for hydroxylation is 3. The van der Waals surface area contributed by atoms with Crippen LogP contribution in [0.4, 0.5) is 4.79 Å². The van der Waals surface area contributed by atoms with E-state index in [0.29, 0.717) is 11.1 Å². The van der Waals surface area contributed by atoms with Gasteiger partial charge in [-0.25, -0.2) is 4.79 Å². The molecule has 0 spiro atoms. The Morgan fingerprint density at radius 1 is 1.17 bits per heavy atom. The summed E-state index contributed by atoms with van der Waals surface area (Å²) in [5.74, 6) is -0.732. The first-order chi connectivity index (χ1) is 10.6. The maximum atomic E-state index is 12.5. The molecule has 0 saturated carbocycles. The lowest BCUT2D eigenvalue weighted by atomic mass is 10.1. The predicted molar refractivity (Wildman–Crippen MR) is 81.6 cm³/mol. The van der Waals surface area contributed by atoms with Crippen LogP contribution in [0.2, 0.25) is 0 Å². The van der Waals surface area contributed by atoms with Crippen LogP contribution >= 0.6 is 0 Å². The summed E-state index contributed by atoms with van der Waals surface area (Å²) >= 11 is 0. The van der Waals surface area contributed by atoms with Gasteiger partial charge in [0.1, 0.15) is 10.7 Å². The van der Waals surface area contributed by atoms with Gasteiger partial charge >= 0.3 is 16.2 Å². The van der Waals surface area contributed by atoms with Crippen LogP contribution in [0, 0.1) is 20.8 Å². The monoisotopic (exact) mass is 339 g/mol. The van der Waals surface area contributed by atoms with Gasteiger partial charge < -0.3 is 9.29 Å². The maximum absolute atomic E-state index is 12.5. The average molecular weight is 339 g/mol. The van der Waals surface area contributed by atoms with Gasteiger partial charge in [-0.05, 0) is 31.9 Å². The molecule has 1 aliphatic heterocycles. The largest absolute Gasteiger partial charge is 0.465 e. The van der Waals surface area contributed by atoms with Crippen molar-refractivity contribution in [1.82, 2.24) is 4.90 Å². The number of carbonyl (C=O) groups is 2. The van der Waals surface area contributed by atoms with Crippen LogP contribution in [0.3, 0.4) is 0 Å². The van der Waals surface area contributed by atoms with Crippen molar-refractivity contribution in [2.45, 2.75) is 25.7 Å². The lowest BCUT2D eigenvalue weighted by Gasteiger charge is -2.23. The molecule has 0 radical (unpaired) electrons. The molecule has 0 bridgehead atoms. The smallest absolute Gasteiger partial charge is 0.408 e. The highest BCUT2D eigenvalue weighted by Gasteiger charge is 2.28. The third-order valence-corrected chi connectivity index (χ3v) is 4.93. The molecule has 0 saturated heterocycles. The van der Waals surface area contributed by atoms with Gasteiger partial charge in [0.05, 0.1) is 13.1 Å². The molecule has 2 rings (SSSR count). The maximum Gasteiger partial charge on any atom is 0.408 e. The minimum Gasteiger partial charge on any atom is -0.465 e. The zero-order valence-corrected chi connectivity index (χ0v) is 13.8. The fourth-order valence-electron chi connectivity index (χ4n) is 2.63. The molecule has 1 N–H and O–H groups in total. The molecule has 8 heteroatoms. The first kappa shape index (κ1) is 17.0. The van der Waals surface area contributed by atoms with Gasteiger partial charge in [-0.1, -0.05) is 17.7 Å². The second-order valence-electron chi connectivity index (χ2n) is 5.48. The second kappa shape index (κ2) is 6.04. The Kier molecular flexibility index (Phi) is 4.46. The van der Waals surface area contributed by atoms with Crippen LogP contribution < -0.4 is 0 Å². The third kappa shape index (κ3) is 3.70. The fourth-order valence-corrected chi connectivity index (χ4v) is 4.00. The number of rotatable bonds is 3. The molecule has 0 aromatic heterocycles. The van der Waals surface area contributed by atoms with Gasteiger partial charge in [0.25, 0.3) is 0 Å². The molecule has 124 valence electrons. The van der Waals surface area contributed by atoms with E-state index in [0.717, 1.165) is 16.5 Å². The van der Waals surface area contributed by atoms with Crippen molar-refractivity contribution in [3.05, 3.63) is 40.7 Å². The van der Waals surface area contributed by atoms with E-state index in [9.17, 15) is 18.0 Å². The number of carboxylic acid groups (broad SMARTS) is 1. The molecule has 0 aliphatic carbocycles. The summed E-state index contributed by atoms with van der Waals surface area (Å²) in [4.78, 5) is 23.3. The van der Waals surface area contributed by atoms with E-state index in [1.807, 2.05) is 6.92 Å². The van der Waals surface area contributed by atoms with Gasteiger partial charge in [0.15, 0.2) is 5.78 Å². The molecule has 1 heterocycles. The Bertz CT molecular complexity index is 786. The number of hydrogen-bond donors (Lipinski definition) is 1. The number of amides is 1. The van der Waals surface area contributed by atoms with Crippen molar-refractivity contribution < 1.29 is 27.3 Å². The summed E-state index contributed by atoms with van der Waals surface area (Å²) in [5, 5.41) is 8.95. The zero-order chi connectivity index (χ0) is 17.4. The van der Waals surface area contributed by atoms with Crippen LogP contribution in [-0.4, -0.2) is 43.4 Å². The van der Waals surface area contributed by atoms with E-state index in [4.69, 9.17) is 9.29 Å². The number of hydrogen-bond acceptors (Lipinski definition) is 5. The second-order valence-corrected chi connectivity index (χ2v) is 6.96. The summed E-state index contributed by atoms with van der Waals surface area (Å²) in [7, 11) is -4.15. The van der Waals surface area contributed by atoms with E-state index in [1.165, 1.54) is 0 Å². The van der Waals surface area contributed by atoms with Crippen molar-refractivity contribution >= 4 is 22.0 Å². The zero-order valence-electron chi connectivity index (χ0n) is 13.0. The molecule has 7 nitrogen and oxygen atoms in total. The average Bonchev–Trinajstić information content (AvgIpc) is 2.35. The molecule has 0 unspecified atom stereocenters. The molecule has 1 aromatic carbocycles. The minimum absolute atomic E-state index is 0.0314. The lowest BCUT2D eigenvalue weighted by molar-refractivity contribution is -0.116. The van der Waals surface area contributed by atoms with Gasteiger partial charge in [-0.3, -0.25) is 9.69 Å². The summed E-state index contributed by atoms with van der Waals surface area (Å²) in [6.45, 7) is 4.56. The highest BCUT2D eigenvalue weighted by molar-refractivity contribution is 7.87. The van der Waals surface area contributed by atoms with E-state index in [1.54, 1.807) is 26.0 Å². The van der Waals surface area contributed by atoms with Crippen molar-refractivity contribution in [2.75, 3.05) is 13.1 Å². The van der Waals surface area contributed by atoms with Crippen molar-refractivity contribution in [2.24, 2.45) is 0 Å². The van der Waals surface area contributed by atoms with Crippen molar-refractivity contribution in [3.63, 3.8) is 0 Å². The Balaban J connectivity index is 2.36. The SMILES string of the molecule is Cc1cc(C)c(S(=O)(=O)OC2=CC(=O)CN(C(=O)O)C2)c(C)c1. The molecule has 0 fully saturated rings. The van der Waals surface area contributed by atoms with Gasteiger partial charge in [-0.15, -0.1) is 0 Å². The normalized spacial score (nSPS) is 15.3. The number of ketones is 1. The van der Waals surface area contributed by atoms with E-state index >= 15 is 0 Å². The number of benzene rings is 1. The van der Waals surface area contributed by atoms with Crippen molar-refractivity contribution in [1.29, 1.82) is 0 Å². The van der Waals surface area contributed by atoms with Crippen LogP contribution in [0.1, 0.15) is 16.7 Å². The number of carbonyl (C=O) groups excluding carboxylic acids is 1. The quantitative estimate of drug-likeness (QED) is 0.842. The van der Waals surface area contributed by atoms with Crippen molar-refractivity contribution in [3.8, 4) is 0 Å². The van der Waals surface area contributed by atoms with E-state index in [2.05, 4.69) is 0 Å². The first-order valence-electron chi connectivity index (χ1n) is 6.84. The molecule has 1 aliphatic rings. The highest BCUT2D eigenvalue weighted by Crippen LogP contribution is 2.26. The fraction of sp³-hybridized carbons (Fsp3) is 0.333. The van der Waals surface area contributed by atoms with Crippen LogP contribution in [-0.2, 0) is 19.1 Å². The molecular formula is C15H17NO6S. The van der Waals surface area contributed by atoms with Gasteiger partial charge in [0.2, 0.25) is 0 Å². The highest BCUT2D eigenvalue weighted by atomic mass is 32.2. The Hall–Kier alpha value is -2.35. The summed E-state index contributed by atoms with van der Waals surface area (Å²) in [6, 6.07) is 3.43. The molecule has 23 heavy (non-hydrogen) atoms. The van der Waals surface area contributed by atoms with Crippen LogP contribution in [0.15, 0.2) is 28.9 Å². The molecule has 1 amide bonds. The predicted octanol–water partition coefficient (Wildman–Crippen LogP) is 1.76. The molecular weight excluding hydrogens is 322 g/mol. The first-order valence-corrected chi connectivity index (χ1v) is 8.24. The molecule has 1 aromatic rings. The number of nitrogens with zero attached hydrogens (tertiary/aromatic N) is 1. The van der Waals surface area contributed by atoms with Gasteiger partial charge in [0, 0.05) is 6.08 Å². The van der Waals surface area contributed by atoms with Crippen LogP contribution in [0.25, 0.3) is 0 Å². The minimum atomic E-state index is -4.15. The Labute approximate surface area is 134 Å². The standard InChI is InChI=1S/C15H17NO6S/c1-9-4-10(2)14(11(3)5-9)23(20,21)22-13-6-12(17)7-16(8-13)15(18)19/h4-6H,7-8H2,1-3H3,(H,18,19). The summed E-state index contributed by atoms with van der Waals surface area (Å²) < 4.78 is 30.0. The lowest BCUT2D eigenvalue weighted by Crippen LogP contribution is -2.39. The Morgan fingerprint density at radius 2 is 1.74 bits per heavy atom. The Morgan fingerprint density at radius 3 is 2.26 bits per heavy atom. The van der Waals surface area contributed by atoms with Gasteiger partial charge in [-0.2, -0.15) is 8.42 Å². The van der Waals surface area contributed by atoms with E-state index < -0.39 is 22.0 Å². The molecule has 0 atom stereocenters. The summed E-state index contributed by atoms with van der Waals surface area (Å²) in [6.07, 6.45) is -0.289. The van der Waals surface area contributed by atoms with E-state index in [-0.39, 0.29) is 23.7 Å². The summed E-state index contributed by atoms with van der Waals surface area (Å²) in [5.41, 5.74) is 1.98. The van der Waals surface area contributed by atoms with Crippen LogP contribution in [0.5, 0.6) is 0 Å². The third-order valence-electron chi connectivity index (χ3n) is 3.36. The topological polar surface area (TPSA) is 101 Å².